The Balaban J connectivity index is 2.03. The summed E-state index contributed by atoms with van der Waals surface area (Å²) in [5.74, 6) is 2.97. The van der Waals surface area contributed by atoms with Crippen molar-refractivity contribution in [2.75, 3.05) is 5.88 Å². The molecule has 0 nitrogen and oxygen atoms in total. The highest BCUT2D eigenvalue weighted by Gasteiger charge is 2.46. The molecule has 0 aliphatic heterocycles. The van der Waals surface area contributed by atoms with Crippen LogP contribution in [-0.4, -0.2) is 5.88 Å². The smallest absolute Gasteiger partial charge is 0.0263 e. The van der Waals surface area contributed by atoms with Crippen LogP contribution < -0.4 is 0 Å². The van der Waals surface area contributed by atoms with Gasteiger partial charge >= 0.3 is 0 Å². The number of benzene rings is 2. The maximum Gasteiger partial charge on any atom is 0.0263 e. The first-order chi connectivity index (χ1) is 9.33. The lowest BCUT2D eigenvalue weighted by molar-refractivity contribution is 0.274. The molecule has 96 valence electrons. The van der Waals surface area contributed by atoms with Crippen molar-refractivity contribution < 1.29 is 0 Å². The Morgan fingerprint density at radius 2 is 1.21 bits per heavy atom. The fourth-order valence-electron chi connectivity index (χ4n) is 4.30. The summed E-state index contributed by atoms with van der Waals surface area (Å²) in [4.78, 5) is 0. The molecule has 2 atom stereocenters. The van der Waals surface area contributed by atoms with Crippen LogP contribution in [0.1, 0.15) is 41.0 Å². The van der Waals surface area contributed by atoms with Crippen molar-refractivity contribution in [3.8, 4) is 0 Å². The molecule has 0 saturated carbocycles. The van der Waals surface area contributed by atoms with Gasteiger partial charge in [0.05, 0.1) is 0 Å². The molecule has 0 saturated heterocycles. The summed E-state index contributed by atoms with van der Waals surface area (Å²) >= 11 is 6.30. The molecule has 2 bridgehead atoms. The molecule has 2 aromatic rings. The van der Waals surface area contributed by atoms with Gasteiger partial charge in [0.1, 0.15) is 0 Å². The van der Waals surface area contributed by atoms with Gasteiger partial charge in [-0.2, -0.15) is 0 Å². The number of rotatable bonds is 1. The SMILES string of the molecule is C[C@H]1C2c3ccccc3C(c3ccccc32)[C@H]1CCl. The topological polar surface area (TPSA) is 0 Å². The molecule has 5 rings (SSSR count). The molecule has 1 heteroatoms. The maximum absolute atomic E-state index is 6.30. The maximum atomic E-state index is 6.30. The van der Waals surface area contributed by atoms with E-state index in [-0.39, 0.29) is 0 Å². The van der Waals surface area contributed by atoms with Crippen LogP contribution in [0.25, 0.3) is 0 Å². The number of hydrogen-bond donors (Lipinski definition) is 0. The first-order valence-electron chi connectivity index (χ1n) is 7.06. The van der Waals surface area contributed by atoms with E-state index >= 15 is 0 Å². The molecule has 0 heterocycles. The third kappa shape index (κ3) is 1.41. The summed E-state index contributed by atoms with van der Waals surface area (Å²) in [5, 5.41) is 0. The van der Waals surface area contributed by atoms with Gasteiger partial charge in [-0.3, -0.25) is 0 Å². The molecule has 2 aromatic carbocycles. The predicted octanol–water partition coefficient (Wildman–Crippen LogP) is 4.77. The average molecular weight is 269 g/mol. The Labute approximate surface area is 119 Å². The minimum absolute atomic E-state index is 0.491. The Bertz CT molecular complexity index is 584. The van der Waals surface area contributed by atoms with Gasteiger partial charge in [-0.1, -0.05) is 55.5 Å². The Morgan fingerprint density at radius 3 is 1.63 bits per heavy atom. The predicted molar refractivity (Wildman–Crippen MR) is 79.9 cm³/mol. The summed E-state index contributed by atoms with van der Waals surface area (Å²) in [6, 6.07) is 17.9. The van der Waals surface area contributed by atoms with Crippen LogP contribution >= 0.6 is 11.6 Å². The molecule has 3 aliphatic carbocycles. The fraction of sp³-hybridized carbons (Fsp3) is 0.333. The van der Waals surface area contributed by atoms with E-state index in [0.717, 1.165) is 5.88 Å². The molecule has 3 aliphatic rings. The van der Waals surface area contributed by atoms with E-state index < -0.39 is 0 Å². The van der Waals surface area contributed by atoms with E-state index in [2.05, 4.69) is 55.5 Å². The largest absolute Gasteiger partial charge is 0.126 e. The minimum Gasteiger partial charge on any atom is -0.126 e. The van der Waals surface area contributed by atoms with E-state index in [1.54, 1.807) is 0 Å². The van der Waals surface area contributed by atoms with Crippen LogP contribution in [0, 0.1) is 11.8 Å². The Morgan fingerprint density at radius 1 is 0.789 bits per heavy atom. The lowest BCUT2D eigenvalue weighted by Gasteiger charge is -2.49. The summed E-state index contributed by atoms with van der Waals surface area (Å²) in [6.45, 7) is 2.37. The summed E-state index contributed by atoms with van der Waals surface area (Å²) < 4.78 is 0. The lowest BCUT2D eigenvalue weighted by Crippen LogP contribution is -2.39. The molecular weight excluding hydrogens is 252 g/mol. The van der Waals surface area contributed by atoms with Crippen molar-refractivity contribution >= 4 is 11.6 Å². The molecule has 0 unspecified atom stereocenters. The van der Waals surface area contributed by atoms with Gasteiger partial charge in [-0.15, -0.1) is 11.6 Å². The van der Waals surface area contributed by atoms with Crippen LogP contribution in [0.4, 0.5) is 0 Å². The minimum atomic E-state index is 0.491. The average Bonchev–Trinajstić information content (AvgIpc) is 2.47. The Kier molecular flexibility index (Phi) is 2.50. The monoisotopic (exact) mass is 268 g/mol. The van der Waals surface area contributed by atoms with Crippen molar-refractivity contribution in [2.45, 2.75) is 18.8 Å². The third-order valence-electron chi connectivity index (χ3n) is 5.14. The zero-order valence-corrected chi connectivity index (χ0v) is 11.8. The van der Waals surface area contributed by atoms with Crippen LogP contribution in [0.15, 0.2) is 48.5 Å². The second kappa shape index (κ2) is 4.11. The zero-order chi connectivity index (χ0) is 13.0. The van der Waals surface area contributed by atoms with Crippen molar-refractivity contribution in [2.24, 2.45) is 11.8 Å². The quantitative estimate of drug-likeness (QED) is 0.654. The standard InChI is InChI=1S/C18H17Cl/c1-11-16(10-19)18-14-8-4-2-6-12(14)17(11)13-7-3-5-9-15(13)18/h2-9,11,16-18H,10H2,1H3/t11-,16+,17?,18?/m1/s1. The number of alkyl halides is 1. The van der Waals surface area contributed by atoms with E-state index in [4.69, 9.17) is 11.6 Å². The van der Waals surface area contributed by atoms with Gasteiger partial charge in [-0.25, -0.2) is 0 Å². The van der Waals surface area contributed by atoms with Crippen molar-refractivity contribution in [1.29, 1.82) is 0 Å². The zero-order valence-electron chi connectivity index (χ0n) is 11.0. The van der Waals surface area contributed by atoms with E-state index in [9.17, 15) is 0 Å². The second-order valence-corrected chi connectivity index (χ2v) is 6.20. The van der Waals surface area contributed by atoms with Gasteiger partial charge < -0.3 is 0 Å². The molecule has 19 heavy (non-hydrogen) atoms. The van der Waals surface area contributed by atoms with E-state index in [0.29, 0.717) is 23.7 Å². The van der Waals surface area contributed by atoms with E-state index in [1.165, 1.54) is 22.3 Å². The van der Waals surface area contributed by atoms with Gasteiger partial charge in [-0.05, 0) is 34.1 Å². The van der Waals surface area contributed by atoms with Crippen molar-refractivity contribution in [3.05, 3.63) is 70.8 Å². The molecule has 0 amide bonds. The normalized spacial score (nSPS) is 30.8. The number of hydrogen-bond acceptors (Lipinski definition) is 0. The molecule has 0 fully saturated rings. The van der Waals surface area contributed by atoms with Crippen molar-refractivity contribution in [1.82, 2.24) is 0 Å². The molecule has 0 radical (unpaired) electrons. The number of fused-ring (bicyclic) bond motifs is 1. The highest BCUT2D eigenvalue weighted by Crippen LogP contribution is 2.58. The summed E-state index contributed by atoms with van der Waals surface area (Å²) in [7, 11) is 0. The van der Waals surface area contributed by atoms with Crippen LogP contribution in [-0.2, 0) is 0 Å². The first-order valence-corrected chi connectivity index (χ1v) is 7.60. The van der Waals surface area contributed by atoms with Gasteiger partial charge in [0.15, 0.2) is 0 Å². The second-order valence-electron chi connectivity index (χ2n) is 5.89. The first kappa shape index (κ1) is 11.5. The van der Waals surface area contributed by atoms with Crippen LogP contribution in [0.2, 0.25) is 0 Å². The van der Waals surface area contributed by atoms with Crippen LogP contribution in [0.5, 0.6) is 0 Å². The molecule has 0 aromatic heterocycles. The molecular formula is C18H17Cl. The van der Waals surface area contributed by atoms with Crippen molar-refractivity contribution in [3.63, 3.8) is 0 Å². The number of halogens is 1. The van der Waals surface area contributed by atoms with Crippen LogP contribution in [0.3, 0.4) is 0 Å². The van der Waals surface area contributed by atoms with Gasteiger partial charge in [0, 0.05) is 17.7 Å². The third-order valence-corrected chi connectivity index (χ3v) is 5.50. The highest BCUT2D eigenvalue weighted by atomic mass is 35.5. The fourth-order valence-corrected chi connectivity index (χ4v) is 4.76. The Hall–Kier alpha value is -1.27. The van der Waals surface area contributed by atoms with E-state index in [1.807, 2.05) is 0 Å². The summed E-state index contributed by atoms with van der Waals surface area (Å²) in [5.41, 5.74) is 6.07. The molecule has 0 N–H and O–H groups in total. The summed E-state index contributed by atoms with van der Waals surface area (Å²) in [6.07, 6.45) is 0. The molecule has 0 spiro atoms. The van der Waals surface area contributed by atoms with Gasteiger partial charge in [0.25, 0.3) is 0 Å². The van der Waals surface area contributed by atoms with Gasteiger partial charge in [0.2, 0.25) is 0 Å². The lowest BCUT2D eigenvalue weighted by atomic mass is 9.55. The highest BCUT2D eigenvalue weighted by molar-refractivity contribution is 6.18.